The van der Waals surface area contributed by atoms with Gasteiger partial charge in [-0.25, -0.2) is 8.42 Å². The maximum atomic E-state index is 11.5. The van der Waals surface area contributed by atoms with Gasteiger partial charge in [0, 0.05) is 17.1 Å². The topological polar surface area (TPSA) is 46.2 Å². The number of sulfone groups is 1. The van der Waals surface area contributed by atoms with Crippen molar-refractivity contribution in [2.75, 3.05) is 11.5 Å². The summed E-state index contributed by atoms with van der Waals surface area (Å²) in [5, 5.41) is 4.02. The van der Waals surface area contributed by atoms with Crippen LogP contribution in [0.25, 0.3) is 0 Å². The summed E-state index contributed by atoms with van der Waals surface area (Å²) in [6, 6.07) is 7.60. The summed E-state index contributed by atoms with van der Waals surface area (Å²) in [6.45, 7) is 2.56. The van der Waals surface area contributed by atoms with Crippen LogP contribution in [0.15, 0.2) is 24.3 Å². The second-order valence-corrected chi connectivity index (χ2v) is 7.44. The van der Waals surface area contributed by atoms with Crippen molar-refractivity contribution in [3.05, 3.63) is 34.9 Å². The fourth-order valence-corrected chi connectivity index (χ4v) is 4.43. The maximum Gasteiger partial charge on any atom is 0.152 e. The molecule has 0 aromatic heterocycles. The first kappa shape index (κ1) is 12.9. The third-order valence-electron chi connectivity index (χ3n) is 3.17. The van der Waals surface area contributed by atoms with Crippen molar-refractivity contribution in [2.24, 2.45) is 0 Å². The van der Waals surface area contributed by atoms with Gasteiger partial charge in [-0.2, -0.15) is 0 Å². The van der Waals surface area contributed by atoms with Crippen molar-refractivity contribution in [3.8, 4) is 0 Å². The van der Waals surface area contributed by atoms with E-state index in [9.17, 15) is 8.42 Å². The molecule has 0 spiro atoms. The van der Waals surface area contributed by atoms with Crippen LogP contribution in [0.3, 0.4) is 0 Å². The Labute approximate surface area is 107 Å². The molecule has 2 rings (SSSR count). The van der Waals surface area contributed by atoms with Gasteiger partial charge in [-0.3, -0.25) is 0 Å². The lowest BCUT2D eigenvalue weighted by molar-refractivity contribution is 0.395. The predicted octanol–water partition coefficient (Wildman–Crippen LogP) is 2.01. The molecule has 1 aromatic rings. The highest BCUT2D eigenvalue weighted by atomic mass is 35.5. The first-order valence-corrected chi connectivity index (χ1v) is 7.79. The van der Waals surface area contributed by atoms with E-state index in [2.05, 4.69) is 5.32 Å². The van der Waals surface area contributed by atoms with E-state index >= 15 is 0 Å². The molecule has 1 aliphatic rings. The summed E-state index contributed by atoms with van der Waals surface area (Å²) in [7, 11) is -2.86. The largest absolute Gasteiger partial charge is 0.306 e. The van der Waals surface area contributed by atoms with Crippen LogP contribution in [-0.4, -0.2) is 25.5 Å². The van der Waals surface area contributed by atoms with E-state index in [-0.39, 0.29) is 17.0 Å². The summed E-state index contributed by atoms with van der Waals surface area (Å²) in [5.41, 5.74) is 0.678. The molecule has 1 fully saturated rings. The van der Waals surface area contributed by atoms with Gasteiger partial charge in [-0.1, -0.05) is 29.8 Å². The molecule has 1 N–H and O–H groups in total. The molecule has 1 atom stereocenters. The van der Waals surface area contributed by atoms with Crippen molar-refractivity contribution in [1.29, 1.82) is 0 Å². The average Bonchev–Trinajstić information content (AvgIpc) is 2.53. The molecule has 1 heterocycles. The normalized spacial score (nSPS) is 27.2. The van der Waals surface area contributed by atoms with Crippen molar-refractivity contribution in [1.82, 2.24) is 5.32 Å². The van der Waals surface area contributed by atoms with Gasteiger partial charge in [0.25, 0.3) is 0 Å². The van der Waals surface area contributed by atoms with Crippen LogP contribution in [0, 0.1) is 0 Å². The second-order valence-electron chi connectivity index (χ2n) is 4.85. The van der Waals surface area contributed by atoms with Crippen LogP contribution < -0.4 is 5.32 Å². The van der Waals surface area contributed by atoms with Crippen molar-refractivity contribution >= 4 is 21.4 Å². The standard InChI is InChI=1S/C12H16ClNO2S/c1-12(6-7-17(15,16)9-12)14-8-10-4-2-3-5-11(10)13/h2-5,14H,6-9H2,1H3. The van der Waals surface area contributed by atoms with Gasteiger partial charge in [-0.15, -0.1) is 0 Å². The Hall–Kier alpha value is -0.580. The number of benzene rings is 1. The number of nitrogens with one attached hydrogen (secondary N) is 1. The highest BCUT2D eigenvalue weighted by Crippen LogP contribution is 2.24. The minimum Gasteiger partial charge on any atom is -0.306 e. The van der Waals surface area contributed by atoms with E-state index in [0.29, 0.717) is 18.0 Å². The molecule has 0 saturated carbocycles. The van der Waals surface area contributed by atoms with Gasteiger partial charge >= 0.3 is 0 Å². The molecule has 3 nitrogen and oxygen atoms in total. The number of rotatable bonds is 3. The summed E-state index contributed by atoms with van der Waals surface area (Å²) in [6.07, 6.45) is 0.666. The van der Waals surface area contributed by atoms with Crippen LogP contribution in [0.5, 0.6) is 0 Å². The van der Waals surface area contributed by atoms with Crippen LogP contribution in [-0.2, 0) is 16.4 Å². The molecular formula is C12H16ClNO2S. The zero-order valence-electron chi connectivity index (χ0n) is 9.74. The van der Waals surface area contributed by atoms with Crippen LogP contribution in [0.1, 0.15) is 18.9 Å². The van der Waals surface area contributed by atoms with Crippen molar-refractivity contribution in [3.63, 3.8) is 0 Å². The minimum absolute atomic E-state index is 0.213. The van der Waals surface area contributed by atoms with Gasteiger partial charge in [0.2, 0.25) is 0 Å². The number of halogens is 1. The van der Waals surface area contributed by atoms with Crippen LogP contribution in [0.4, 0.5) is 0 Å². The molecule has 17 heavy (non-hydrogen) atoms. The van der Waals surface area contributed by atoms with E-state index < -0.39 is 9.84 Å². The fraction of sp³-hybridized carbons (Fsp3) is 0.500. The van der Waals surface area contributed by atoms with Crippen molar-refractivity contribution < 1.29 is 8.42 Å². The van der Waals surface area contributed by atoms with Crippen molar-refractivity contribution in [2.45, 2.75) is 25.4 Å². The Morgan fingerprint density at radius 2 is 2.12 bits per heavy atom. The van der Waals surface area contributed by atoms with Crippen LogP contribution in [0.2, 0.25) is 5.02 Å². The molecule has 0 aliphatic carbocycles. The lowest BCUT2D eigenvalue weighted by Crippen LogP contribution is -2.42. The minimum atomic E-state index is -2.86. The zero-order valence-corrected chi connectivity index (χ0v) is 11.3. The van der Waals surface area contributed by atoms with Gasteiger partial charge in [0.15, 0.2) is 9.84 Å². The lowest BCUT2D eigenvalue weighted by atomic mass is 10.0. The smallest absolute Gasteiger partial charge is 0.152 e. The zero-order chi connectivity index (χ0) is 12.5. The Morgan fingerprint density at radius 1 is 1.41 bits per heavy atom. The van der Waals surface area contributed by atoms with Gasteiger partial charge in [0.1, 0.15) is 0 Å². The summed E-state index contributed by atoms with van der Waals surface area (Å²) in [4.78, 5) is 0. The molecule has 1 saturated heterocycles. The Morgan fingerprint density at radius 3 is 2.71 bits per heavy atom. The van der Waals surface area contributed by atoms with Gasteiger partial charge in [-0.05, 0) is 25.0 Å². The first-order valence-electron chi connectivity index (χ1n) is 5.59. The van der Waals surface area contributed by atoms with E-state index in [1.54, 1.807) is 0 Å². The third-order valence-corrected chi connectivity index (χ3v) is 5.44. The van der Waals surface area contributed by atoms with Gasteiger partial charge in [0.05, 0.1) is 11.5 Å². The Bertz CT molecular complexity index is 515. The lowest BCUT2D eigenvalue weighted by Gasteiger charge is -2.24. The maximum absolute atomic E-state index is 11.5. The second kappa shape index (κ2) is 4.59. The highest BCUT2D eigenvalue weighted by Gasteiger charge is 2.37. The molecule has 1 aliphatic heterocycles. The molecule has 0 amide bonds. The van der Waals surface area contributed by atoms with Gasteiger partial charge < -0.3 is 5.32 Å². The monoisotopic (exact) mass is 273 g/mol. The summed E-state index contributed by atoms with van der Waals surface area (Å²) >= 11 is 6.05. The van der Waals surface area contributed by atoms with E-state index in [0.717, 1.165) is 5.56 Å². The third kappa shape index (κ3) is 3.21. The molecule has 1 unspecified atom stereocenters. The Balaban J connectivity index is 2.02. The highest BCUT2D eigenvalue weighted by molar-refractivity contribution is 7.91. The molecule has 0 bridgehead atoms. The summed E-state index contributed by atoms with van der Waals surface area (Å²) in [5.74, 6) is 0.490. The first-order chi connectivity index (χ1) is 7.90. The molecular weight excluding hydrogens is 258 g/mol. The quantitative estimate of drug-likeness (QED) is 0.916. The molecule has 94 valence electrons. The fourth-order valence-electron chi connectivity index (χ4n) is 2.10. The SMILES string of the molecule is CC1(NCc2ccccc2Cl)CCS(=O)(=O)C1. The predicted molar refractivity (Wildman–Crippen MR) is 70.0 cm³/mol. The number of hydrogen-bond donors (Lipinski definition) is 1. The number of hydrogen-bond acceptors (Lipinski definition) is 3. The van der Waals surface area contributed by atoms with E-state index in [1.807, 2.05) is 31.2 Å². The van der Waals surface area contributed by atoms with E-state index in [4.69, 9.17) is 11.6 Å². The molecule has 5 heteroatoms. The average molecular weight is 274 g/mol. The summed E-state index contributed by atoms with van der Waals surface area (Å²) < 4.78 is 22.9. The molecule has 1 aromatic carbocycles. The van der Waals surface area contributed by atoms with E-state index in [1.165, 1.54) is 0 Å². The molecule has 0 radical (unpaired) electrons. The van der Waals surface area contributed by atoms with Crippen LogP contribution >= 0.6 is 11.6 Å². The Kier molecular flexibility index (Phi) is 3.48.